The van der Waals surface area contributed by atoms with Gasteiger partial charge < -0.3 is 10.1 Å². The molecule has 0 saturated carbocycles. The normalized spacial score (nSPS) is 23.8. The van der Waals surface area contributed by atoms with Crippen LogP contribution in [-0.2, 0) is 19.4 Å². The second kappa shape index (κ2) is 8.10. The molecule has 0 radical (unpaired) electrons. The van der Waals surface area contributed by atoms with E-state index in [-0.39, 0.29) is 23.3 Å². The first-order valence-corrected chi connectivity index (χ1v) is 9.64. The number of rotatable bonds is 6. The quantitative estimate of drug-likeness (QED) is 0.700. The maximum Gasteiger partial charge on any atom is 0.220 e. The molecule has 2 aliphatic rings. The van der Waals surface area contributed by atoms with Crippen molar-refractivity contribution in [2.45, 2.75) is 25.7 Å². The van der Waals surface area contributed by atoms with E-state index in [9.17, 15) is 13.2 Å². The number of carbonyl (C=O) groups is 1. The van der Waals surface area contributed by atoms with Gasteiger partial charge in [0.05, 0.1) is 24.7 Å². The SMILES string of the molecule is O=C(CC1CCS(=O)(=O)CC1)NCCCN1CCOCC1. The van der Waals surface area contributed by atoms with Gasteiger partial charge in [0.25, 0.3) is 0 Å². The Morgan fingerprint density at radius 2 is 1.86 bits per heavy atom. The summed E-state index contributed by atoms with van der Waals surface area (Å²) in [7, 11) is -2.83. The molecule has 0 atom stereocenters. The summed E-state index contributed by atoms with van der Waals surface area (Å²) in [5, 5.41) is 2.94. The van der Waals surface area contributed by atoms with Gasteiger partial charge in [0, 0.05) is 26.1 Å². The van der Waals surface area contributed by atoms with Gasteiger partial charge in [-0.2, -0.15) is 0 Å². The molecule has 0 bridgehead atoms. The van der Waals surface area contributed by atoms with Gasteiger partial charge >= 0.3 is 0 Å². The van der Waals surface area contributed by atoms with Crippen LogP contribution in [0.4, 0.5) is 0 Å². The first-order valence-electron chi connectivity index (χ1n) is 7.82. The van der Waals surface area contributed by atoms with Crippen LogP contribution >= 0.6 is 0 Å². The van der Waals surface area contributed by atoms with Crippen molar-refractivity contribution in [2.75, 3.05) is 50.9 Å². The summed E-state index contributed by atoms with van der Waals surface area (Å²) < 4.78 is 27.9. The van der Waals surface area contributed by atoms with Crippen molar-refractivity contribution in [3.8, 4) is 0 Å². The number of amides is 1. The Labute approximate surface area is 127 Å². The summed E-state index contributed by atoms with van der Waals surface area (Å²) in [6, 6.07) is 0. The molecule has 0 aromatic rings. The lowest BCUT2D eigenvalue weighted by Crippen LogP contribution is -2.38. The van der Waals surface area contributed by atoms with Crippen LogP contribution in [0.25, 0.3) is 0 Å². The van der Waals surface area contributed by atoms with E-state index in [1.165, 1.54) is 0 Å². The predicted molar refractivity (Wildman–Crippen MR) is 80.9 cm³/mol. The number of hydrogen-bond acceptors (Lipinski definition) is 5. The highest BCUT2D eigenvalue weighted by atomic mass is 32.2. The number of carbonyl (C=O) groups excluding carboxylic acids is 1. The van der Waals surface area contributed by atoms with Crippen molar-refractivity contribution in [3.05, 3.63) is 0 Å². The molecular weight excluding hydrogens is 292 g/mol. The molecule has 1 N–H and O–H groups in total. The molecule has 122 valence electrons. The summed E-state index contributed by atoms with van der Waals surface area (Å²) in [5.74, 6) is 0.762. The summed E-state index contributed by atoms with van der Waals surface area (Å²) in [4.78, 5) is 14.2. The van der Waals surface area contributed by atoms with Crippen molar-refractivity contribution in [1.82, 2.24) is 10.2 Å². The van der Waals surface area contributed by atoms with E-state index in [2.05, 4.69) is 10.2 Å². The van der Waals surface area contributed by atoms with E-state index in [1.54, 1.807) is 0 Å². The highest BCUT2D eigenvalue weighted by Gasteiger charge is 2.25. The van der Waals surface area contributed by atoms with Gasteiger partial charge in [0.2, 0.25) is 5.91 Å². The van der Waals surface area contributed by atoms with Gasteiger partial charge in [-0.25, -0.2) is 8.42 Å². The first kappa shape index (κ1) is 16.7. The van der Waals surface area contributed by atoms with Crippen LogP contribution in [0.1, 0.15) is 25.7 Å². The van der Waals surface area contributed by atoms with Crippen molar-refractivity contribution in [2.24, 2.45) is 5.92 Å². The Morgan fingerprint density at radius 3 is 2.52 bits per heavy atom. The molecule has 0 aromatic heterocycles. The molecule has 1 amide bonds. The molecule has 6 nitrogen and oxygen atoms in total. The fraction of sp³-hybridized carbons (Fsp3) is 0.929. The number of nitrogens with zero attached hydrogens (tertiary/aromatic N) is 1. The summed E-state index contributed by atoms with van der Waals surface area (Å²) in [5.41, 5.74) is 0. The van der Waals surface area contributed by atoms with Crippen LogP contribution in [0.5, 0.6) is 0 Å². The van der Waals surface area contributed by atoms with Gasteiger partial charge in [-0.05, 0) is 31.7 Å². The van der Waals surface area contributed by atoms with Gasteiger partial charge in [0.15, 0.2) is 0 Å². The lowest BCUT2D eigenvalue weighted by atomic mass is 9.98. The molecule has 2 aliphatic heterocycles. The molecule has 2 heterocycles. The standard InChI is InChI=1S/C14H26N2O4S/c17-14(12-13-2-10-21(18,19)11-3-13)15-4-1-5-16-6-8-20-9-7-16/h13H,1-12H2,(H,15,17). The second-order valence-electron chi connectivity index (χ2n) is 5.96. The number of morpholine rings is 1. The van der Waals surface area contributed by atoms with E-state index in [0.29, 0.717) is 25.8 Å². The van der Waals surface area contributed by atoms with E-state index >= 15 is 0 Å². The fourth-order valence-electron chi connectivity index (χ4n) is 2.83. The third kappa shape index (κ3) is 6.32. The second-order valence-corrected chi connectivity index (χ2v) is 8.26. The minimum atomic E-state index is -2.83. The Morgan fingerprint density at radius 1 is 1.19 bits per heavy atom. The van der Waals surface area contributed by atoms with Crippen LogP contribution in [-0.4, -0.2) is 70.1 Å². The Bertz CT molecular complexity index is 418. The largest absolute Gasteiger partial charge is 0.379 e. The molecular formula is C14H26N2O4S. The number of sulfone groups is 1. The number of ether oxygens (including phenoxy) is 1. The Balaban J connectivity index is 1.53. The number of hydrogen-bond donors (Lipinski definition) is 1. The summed E-state index contributed by atoms with van der Waals surface area (Å²) in [6.07, 6.45) is 2.67. The predicted octanol–water partition coefficient (Wildman–Crippen LogP) is 0.0398. The van der Waals surface area contributed by atoms with Gasteiger partial charge in [-0.15, -0.1) is 0 Å². The molecule has 2 fully saturated rings. The maximum atomic E-state index is 11.8. The zero-order valence-electron chi connectivity index (χ0n) is 12.6. The fourth-order valence-corrected chi connectivity index (χ4v) is 4.42. The van der Waals surface area contributed by atoms with Crippen LogP contribution < -0.4 is 5.32 Å². The smallest absolute Gasteiger partial charge is 0.220 e. The summed E-state index contributed by atoms with van der Waals surface area (Å²) in [6.45, 7) is 5.25. The molecule has 0 spiro atoms. The zero-order chi connectivity index (χ0) is 15.1. The average molecular weight is 318 g/mol. The van der Waals surface area contributed by atoms with Crippen molar-refractivity contribution >= 4 is 15.7 Å². The zero-order valence-corrected chi connectivity index (χ0v) is 13.4. The highest BCUT2D eigenvalue weighted by Crippen LogP contribution is 2.21. The summed E-state index contributed by atoms with van der Waals surface area (Å²) >= 11 is 0. The van der Waals surface area contributed by atoms with Gasteiger partial charge in [0.1, 0.15) is 9.84 Å². The van der Waals surface area contributed by atoms with Crippen LogP contribution in [0.2, 0.25) is 0 Å². The molecule has 7 heteroatoms. The minimum absolute atomic E-state index is 0.0567. The average Bonchev–Trinajstić information content (AvgIpc) is 2.47. The molecule has 2 rings (SSSR count). The first-order chi connectivity index (χ1) is 10.1. The van der Waals surface area contributed by atoms with Gasteiger partial charge in [-0.3, -0.25) is 9.69 Å². The topological polar surface area (TPSA) is 75.7 Å². The van der Waals surface area contributed by atoms with E-state index in [1.807, 2.05) is 0 Å². The highest BCUT2D eigenvalue weighted by molar-refractivity contribution is 7.91. The lowest BCUT2D eigenvalue weighted by molar-refractivity contribution is -0.122. The minimum Gasteiger partial charge on any atom is -0.379 e. The molecule has 0 aromatic carbocycles. The maximum absolute atomic E-state index is 11.8. The number of nitrogens with one attached hydrogen (secondary N) is 1. The monoisotopic (exact) mass is 318 g/mol. The third-order valence-corrected chi connectivity index (χ3v) is 5.94. The molecule has 21 heavy (non-hydrogen) atoms. The lowest BCUT2D eigenvalue weighted by Gasteiger charge is -2.26. The van der Waals surface area contributed by atoms with Crippen molar-refractivity contribution in [3.63, 3.8) is 0 Å². The van der Waals surface area contributed by atoms with Crippen molar-refractivity contribution in [1.29, 1.82) is 0 Å². The van der Waals surface area contributed by atoms with E-state index < -0.39 is 9.84 Å². The Kier molecular flexibility index (Phi) is 6.44. The van der Waals surface area contributed by atoms with E-state index in [4.69, 9.17) is 4.74 Å². The molecule has 0 aliphatic carbocycles. The van der Waals surface area contributed by atoms with Crippen molar-refractivity contribution < 1.29 is 17.9 Å². The molecule has 0 unspecified atom stereocenters. The van der Waals surface area contributed by atoms with Crippen LogP contribution in [0, 0.1) is 5.92 Å². The van der Waals surface area contributed by atoms with E-state index in [0.717, 1.165) is 39.3 Å². The van der Waals surface area contributed by atoms with Gasteiger partial charge in [-0.1, -0.05) is 0 Å². The molecule has 2 saturated heterocycles. The third-order valence-electron chi connectivity index (χ3n) is 4.23. The van der Waals surface area contributed by atoms with Crippen LogP contribution in [0.3, 0.4) is 0 Å². The van der Waals surface area contributed by atoms with Crippen LogP contribution in [0.15, 0.2) is 0 Å². The Hall–Kier alpha value is -0.660.